The Kier molecular flexibility index (Phi) is 4.26. The number of carbonyl (C=O) groups excluding carboxylic acids is 2. The molecule has 0 spiro atoms. The van der Waals surface area contributed by atoms with Crippen LogP contribution in [0.25, 0.3) is 0 Å². The summed E-state index contributed by atoms with van der Waals surface area (Å²) in [5, 5.41) is 3.90. The number of benzene rings is 3. The zero-order valence-electron chi connectivity index (χ0n) is 14.6. The molecular weight excluding hydrogens is 340 g/mol. The summed E-state index contributed by atoms with van der Waals surface area (Å²) < 4.78 is 0. The van der Waals surface area contributed by atoms with E-state index < -0.39 is 5.97 Å². The average molecular weight is 356 g/mol. The molecule has 3 aromatic carbocycles. The van der Waals surface area contributed by atoms with Crippen molar-refractivity contribution < 1.29 is 14.4 Å². The number of hydrogen-bond donors (Lipinski definition) is 0. The number of fused-ring (bicyclic) bond motifs is 1. The number of carbonyl (C=O) groups is 2. The molecule has 4 rings (SSSR count). The molecule has 0 radical (unpaired) electrons. The van der Waals surface area contributed by atoms with Gasteiger partial charge in [-0.1, -0.05) is 59.3 Å². The van der Waals surface area contributed by atoms with Gasteiger partial charge in [-0.05, 0) is 37.3 Å². The smallest absolute Gasteiger partial charge is 0.312 e. The number of amides is 1. The first-order valence-corrected chi connectivity index (χ1v) is 8.50. The number of nitrogens with zero attached hydrogens (tertiary/aromatic N) is 2. The summed E-state index contributed by atoms with van der Waals surface area (Å²) in [5.41, 5.74) is 3.58. The van der Waals surface area contributed by atoms with Crippen molar-refractivity contribution in [3.8, 4) is 0 Å². The number of para-hydroxylation sites is 2. The lowest BCUT2D eigenvalue weighted by Gasteiger charge is -2.16. The number of aryl methyl sites for hydroxylation is 1. The second kappa shape index (κ2) is 6.88. The van der Waals surface area contributed by atoms with Crippen molar-refractivity contribution in [2.24, 2.45) is 5.16 Å². The third-order valence-electron chi connectivity index (χ3n) is 4.33. The highest BCUT2D eigenvalue weighted by Gasteiger charge is 2.35. The van der Waals surface area contributed by atoms with Gasteiger partial charge in [0, 0.05) is 11.3 Å². The normalized spacial score (nSPS) is 14.3. The number of rotatable bonds is 3. The molecule has 27 heavy (non-hydrogen) atoms. The third-order valence-corrected chi connectivity index (χ3v) is 4.33. The van der Waals surface area contributed by atoms with E-state index in [1.807, 2.05) is 67.6 Å². The topological polar surface area (TPSA) is 59.0 Å². The van der Waals surface area contributed by atoms with Crippen molar-refractivity contribution in [2.45, 2.75) is 6.92 Å². The lowest BCUT2D eigenvalue weighted by molar-refractivity contribution is -0.111. The van der Waals surface area contributed by atoms with Crippen LogP contribution in [0, 0.1) is 6.92 Å². The summed E-state index contributed by atoms with van der Waals surface area (Å²) in [4.78, 5) is 31.8. The van der Waals surface area contributed by atoms with E-state index in [1.54, 1.807) is 23.1 Å². The molecule has 3 aromatic rings. The summed E-state index contributed by atoms with van der Waals surface area (Å²) in [5.74, 6) is -0.940. The van der Waals surface area contributed by atoms with Crippen LogP contribution in [0.15, 0.2) is 84.0 Å². The third kappa shape index (κ3) is 3.11. The van der Waals surface area contributed by atoms with Gasteiger partial charge in [0.2, 0.25) is 0 Å². The van der Waals surface area contributed by atoms with E-state index in [1.165, 1.54) is 0 Å². The van der Waals surface area contributed by atoms with E-state index in [4.69, 9.17) is 4.84 Å². The molecule has 0 saturated carbocycles. The first-order chi connectivity index (χ1) is 13.1. The summed E-state index contributed by atoms with van der Waals surface area (Å²) >= 11 is 0. The van der Waals surface area contributed by atoms with E-state index in [0.717, 1.165) is 11.3 Å². The SMILES string of the molecule is Cc1ccc(C(=O)ON=C2C(=O)N(c3ccccc3)c3ccccc32)cc1. The van der Waals surface area contributed by atoms with Crippen molar-refractivity contribution >= 4 is 29.0 Å². The predicted molar refractivity (Wildman–Crippen MR) is 103 cm³/mol. The molecule has 5 nitrogen and oxygen atoms in total. The van der Waals surface area contributed by atoms with Crippen LogP contribution in [-0.2, 0) is 9.63 Å². The minimum atomic E-state index is -0.606. The highest BCUT2D eigenvalue weighted by atomic mass is 16.7. The van der Waals surface area contributed by atoms with Crippen LogP contribution >= 0.6 is 0 Å². The number of anilines is 2. The van der Waals surface area contributed by atoms with E-state index in [-0.39, 0.29) is 11.6 Å². The molecule has 1 heterocycles. The van der Waals surface area contributed by atoms with Crippen LogP contribution in [0.3, 0.4) is 0 Å². The number of oxime groups is 1. The Labute approximate surface area is 156 Å². The van der Waals surface area contributed by atoms with Crippen molar-refractivity contribution in [1.29, 1.82) is 0 Å². The first-order valence-electron chi connectivity index (χ1n) is 8.50. The van der Waals surface area contributed by atoms with Gasteiger partial charge in [-0.25, -0.2) is 4.79 Å². The Balaban J connectivity index is 1.67. The fraction of sp³-hybridized carbons (Fsp3) is 0.0455. The summed E-state index contributed by atoms with van der Waals surface area (Å²) in [7, 11) is 0. The van der Waals surface area contributed by atoms with Crippen molar-refractivity contribution in [1.82, 2.24) is 0 Å². The summed E-state index contributed by atoms with van der Waals surface area (Å²) in [6.45, 7) is 1.93. The standard InChI is InChI=1S/C22H16N2O3/c1-15-11-13-16(14-12-15)22(26)27-23-20-18-9-5-6-10-19(18)24(21(20)25)17-7-3-2-4-8-17/h2-14H,1H3. The maximum absolute atomic E-state index is 13.0. The largest absolute Gasteiger partial charge is 0.365 e. The Bertz CT molecular complexity index is 1040. The van der Waals surface area contributed by atoms with Gasteiger partial charge in [-0.2, -0.15) is 0 Å². The predicted octanol–water partition coefficient (Wildman–Crippen LogP) is 4.23. The Morgan fingerprint density at radius 1 is 0.889 bits per heavy atom. The lowest BCUT2D eigenvalue weighted by Crippen LogP contribution is -2.25. The molecule has 0 aromatic heterocycles. The zero-order chi connectivity index (χ0) is 18.8. The van der Waals surface area contributed by atoms with Gasteiger partial charge in [0.1, 0.15) is 0 Å². The van der Waals surface area contributed by atoms with Gasteiger partial charge in [0.25, 0.3) is 5.91 Å². The molecule has 0 aliphatic carbocycles. The monoisotopic (exact) mass is 356 g/mol. The molecule has 132 valence electrons. The maximum Gasteiger partial charge on any atom is 0.365 e. The van der Waals surface area contributed by atoms with Gasteiger partial charge in [-0.15, -0.1) is 0 Å². The molecule has 0 unspecified atom stereocenters. The van der Waals surface area contributed by atoms with Crippen LogP contribution in [0.1, 0.15) is 21.5 Å². The molecule has 5 heteroatoms. The van der Waals surface area contributed by atoms with Crippen LogP contribution in [0.5, 0.6) is 0 Å². The molecule has 0 saturated heterocycles. The van der Waals surface area contributed by atoms with E-state index >= 15 is 0 Å². The van der Waals surface area contributed by atoms with E-state index in [9.17, 15) is 9.59 Å². The van der Waals surface area contributed by atoms with Crippen LogP contribution in [-0.4, -0.2) is 17.6 Å². The highest BCUT2D eigenvalue weighted by Crippen LogP contribution is 2.35. The summed E-state index contributed by atoms with van der Waals surface area (Å²) in [6.07, 6.45) is 0. The molecule has 0 N–H and O–H groups in total. The molecule has 1 amide bonds. The Morgan fingerprint density at radius 3 is 2.30 bits per heavy atom. The van der Waals surface area contributed by atoms with Crippen LogP contribution < -0.4 is 4.90 Å². The minimum absolute atomic E-state index is 0.106. The van der Waals surface area contributed by atoms with Gasteiger partial charge >= 0.3 is 5.97 Å². The van der Waals surface area contributed by atoms with Gasteiger partial charge < -0.3 is 4.84 Å². The van der Waals surface area contributed by atoms with Crippen LogP contribution in [0.4, 0.5) is 11.4 Å². The fourth-order valence-corrected chi connectivity index (χ4v) is 2.95. The van der Waals surface area contributed by atoms with Crippen molar-refractivity contribution in [3.05, 3.63) is 95.6 Å². The molecular formula is C22H16N2O3. The Hall–Kier alpha value is -3.73. The molecule has 0 bridgehead atoms. The van der Waals surface area contributed by atoms with Crippen molar-refractivity contribution in [2.75, 3.05) is 4.90 Å². The fourth-order valence-electron chi connectivity index (χ4n) is 2.95. The molecule has 0 atom stereocenters. The Morgan fingerprint density at radius 2 is 1.56 bits per heavy atom. The summed E-state index contributed by atoms with van der Waals surface area (Å²) in [6, 6.07) is 23.5. The molecule has 0 fully saturated rings. The molecule has 1 aliphatic rings. The number of hydrogen-bond acceptors (Lipinski definition) is 4. The van der Waals surface area contributed by atoms with Gasteiger partial charge in [0.15, 0.2) is 5.71 Å². The quantitative estimate of drug-likeness (QED) is 0.521. The minimum Gasteiger partial charge on any atom is -0.312 e. The second-order valence-corrected chi connectivity index (χ2v) is 6.18. The average Bonchev–Trinajstić information content (AvgIpc) is 2.98. The van der Waals surface area contributed by atoms with Gasteiger partial charge in [-0.3, -0.25) is 9.69 Å². The van der Waals surface area contributed by atoms with Gasteiger partial charge in [0.05, 0.1) is 11.3 Å². The van der Waals surface area contributed by atoms with E-state index in [2.05, 4.69) is 5.16 Å². The molecule has 1 aliphatic heterocycles. The maximum atomic E-state index is 13.0. The zero-order valence-corrected chi connectivity index (χ0v) is 14.6. The first kappa shape index (κ1) is 16.7. The van der Waals surface area contributed by atoms with Crippen LogP contribution in [0.2, 0.25) is 0 Å². The second-order valence-electron chi connectivity index (χ2n) is 6.18. The van der Waals surface area contributed by atoms with Crippen molar-refractivity contribution in [3.63, 3.8) is 0 Å². The highest BCUT2D eigenvalue weighted by molar-refractivity contribution is 6.55. The van der Waals surface area contributed by atoms with E-state index in [0.29, 0.717) is 16.8 Å². The lowest BCUT2D eigenvalue weighted by atomic mass is 10.1.